The molecular weight excluding hydrogens is 198 g/mol. The number of benzene rings is 1. The first-order chi connectivity index (χ1) is 7.54. The van der Waals surface area contributed by atoms with Crippen molar-refractivity contribution in [3.63, 3.8) is 0 Å². The van der Waals surface area contributed by atoms with Gasteiger partial charge < -0.3 is 10.8 Å². The molecule has 1 rings (SSSR count). The Morgan fingerprint density at radius 1 is 1.12 bits per heavy atom. The normalized spacial score (nSPS) is 18.8. The van der Waals surface area contributed by atoms with E-state index in [2.05, 4.69) is 13.8 Å². The average Bonchev–Trinajstić information content (AvgIpc) is 2.37. The molecule has 90 valence electrons. The lowest BCUT2D eigenvalue weighted by molar-refractivity contribution is -0.0838. The summed E-state index contributed by atoms with van der Waals surface area (Å²) in [5.41, 5.74) is 5.71. The molecule has 0 saturated carbocycles. The zero-order chi connectivity index (χ0) is 12.2. The zero-order valence-electron chi connectivity index (χ0n) is 10.5. The molecule has 0 fully saturated rings. The summed E-state index contributed by atoms with van der Waals surface area (Å²) in [6.07, 6.45) is 1.54. The van der Waals surface area contributed by atoms with Crippen LogP contribution in [0.25, 0.3) is 0 Å². The molecule has 1 aromatic rings. The molecule has 0 heterocycles. The second-order valence-corrected chi connectivity index (χ2v) is 4.70. The Kier molecular flexibility index (Phi) is 4.11. The molecule has 2 heteroatoms. The van der Waals surface area contributed by atoms with Crippen LogP contribution in [0, 0.1) is 5.41 Å². The fourth-order valence-corrected chi connectivity index (χ4v) is 2.30. The quantitative estimate of drug-likeness (QED) is 0.803. The molecule has 0 aliphatic rings. The summed E-state index contributed by atoms with van der Waals surface area (Å²) in [6.45, 7) is 6.64. The average molecular weight is 221 g/mol. The van der Waals surface area contributed by atoms with E-state index in [4.69, 9.17) is 5.73 Å². The third-order valence-electron chi connectivity index (χ3n) is 3.99. The summed E-state index contributed by atoms with van der Waals surface area (Å²) in [7, 11) is 0. The van der Waals surface area contributed by atoms with E-state index in [0.717, 1.165) is 12.0 Å². The lowest BCUT2D eigenvalue weighted by Gasteiger charge is -2.44. The van der Waals surface area contributed by atoms with Crippen molar-refractivity contribution in [3.05, 3.63) is 35.9 Å². The van der Waals surface area contributed by atoms with Gasteiger partial charge in [-0.05, 0) is 18.4 Å². The summed E-state index contributed by atoms with van der Waals surface area (Å²) >= 11 is 0. The van der Waals surface area contributed by atoms with Crippen LogP contribution in [-0.4, -0.2) is 11.7 Å². The van der Waals surface area contributed by atoms with E-state index < -0.39 is 5.60 Å². The molecule has 2 nitrogen and oxygen atoms in total. The number of nitrogens with two attached hydrogens (primary N) is 1. The molecule has 0 bridgehead atoms. The minimum atomic E-state index is -0.836. The van der Waals surface area contributed by atoms with E-state index in [1.807, 2.05) is 37.3 Å². The minimum absolute atomic E-state index is 0.275. The standard InChI is InChI=1S/C14H23NO/c1-4-13(3,11-15)14(16,5-2)12-9-7-6-8-10-12/h6-10,16H,4-5,11,15H2,1-3H3. The van der Waals surface area contributed by atoms with Crippen LogP contribution in [0.5, 0.6) is 0 Å². The molecule has 1 aromatic carbocycles. The Morgan fingerprint density at radius 2 is 1.69 bits per heavy atom. The van der Waals surface area contributed by atoms with Crippen LogP contribution in [0.4, 0.5) is 0 Å². The Bertz CT molecular complexity index is 319. The smallest absolute Gasteiger partial charge is 0.0959 e. The first-order valence-corrected chi connectivity index (χ1v) is 6.02. The van der Waals surface area contributed by atoms with Crippen LogP contribution in [0.3, 0.4) is 0 Å². The van der Waals surface area contributed by atoms with Gasteiger partial charge in [0, 0.05) is 12.0 Å². The van der Waals surface area contributed by atoms with Crippen molar-refractivity contribution < 1.29 is 5.11 Å². The number of hydrogen-bond acceptors (Lipinski definition) is 2. The molecule has 16 heavy (non-hydrogen) atoms. The van der Waals surface area contributed by atoms with Gasteiger partial charge in [0.05, 0.1) is 5.60 Å². The Hall–Kier alpha value is -0.860. The third kappa shape index (κ3) is 2.00. The van der Waals surface area contributed by atoms with E-state index in [0.29, 0.717) is 13.0 Å². The van der Waals surface area contributed by atoms with E-state index in [-0.39, 0.29) is 5.41 Å². The minimum Gasteiger partial charge on any atom is -0.385 e. The van der Waals surface area contributed by atoms with Crippen LogP contribution in [0.15, 0.2) is 30.3 Å². The molecule has 2 unspecified atom stereocenters. The van der Waals surface area contributed by atoms with Gasteiger partial charge >= 0.3 is 0 Å². The highest BCUT2D eigenvalue weighted by atomic mass is 16.3. The fourth-order valence-electron chi connectivity index (χ4n) is 2.30. The molecule has 2 atom stereocenters. The maximum atomic E-state index is 10.9. The van der Waals surface area contributed by atoms with Gasteiger partial charge in [-0.25, -0.2) is 0 Å². The molecule has 0 radical (unpaired) electrons. The molecule has 0 spiro atoms. The Morgan fingerprint density at radius 3 is 2.06 bits per heavy atom. The van der Waals surface area contributed by atoms with Crippen molar-refractivity contribution in [2.45, 2.75) is 39.2 Å². The molecule has 0 aliphatic heterocycles. The van der Waals surface area contributed by atoms with Gasteiger partial charge in [0.2, 0.25) is 0 Å². The van der Waals surface area contributed by atoms with Crippen molar-refractivity contribution in [3.8, 4) is 0 Å². The van der Waals surface area contributed by atoms with Gasteiger partial charge in [0.15, 0.2) is 0 Å². The van der Waals surface area contributed by atoms with Crippen molar-refractivity contribution in [2.24, 2.45) is 11.1 Å². The zero-order valence-corrected chi connectivity index (χ0v) is 10.5. The summed E-state index contributed by atoms with van der Waals surface area (Å²) in [4.78, 5) is 0. The summed E-state index contributed by atoms with van der Waals surface area (Å²) in [6, 6.07) is 9.84. The maximum Gasteiger partial charge on any atom is 0.0959 e. The van der Waals surface area contributed by atoms with Gasteiger partial charge in [0.25, 0.3) is 0 Å². The SMILES string of the molecule is CCC(C)(CN)C(O)(CC)c1ccccc1. The predicted octanol–water partition coefficient (Wildman–Crippen LogP) is 2.66. The number of hydrogen-bond donors (Lipinski definition) is 2. The van der Waals surface area contributed by atoms with Crippen molar-refractivity contribution in [2.75, 3.05) is 6.54 Å². The van der Waals surface area contributed by atoms with Gasteiger partial charge in [-0.1, -0.05) is 51.1 Å². The number of aliphatic hydroxyl groups is 1. The van der Waals surface area contributed by atoms with Crippen LogP contribution in [0.2, 0.25) is 0 Å². The molecule has 0 amide bonds. The lowest BCUT2D eigenvalue weighted by atomic mass is 9.66. The maximum absolute atomic E-state index is 10.9. The lowest BCUT2D eigenvalue weighted by Crippen LogP contribution is -2.47. The summed E-state index contributed by atoms with van der Waals surface area (Å²) < 4.78 is 0. The highest BCUT2D eigenvalue weighted by Gasteiger charge is 2.44. The van der Waals surface area contributed by atoms with Crippen molar-refractivity contribution in [1.29, 1.82) is 0 Å². The van der Waals surface area contributed by atoms with Gasteiger partial charge in [0.1, 0.15) is 0 Å². The van der Waals surface area contributed by atoms with E-state index in [1.165, 1.54) is 0 Å². The fraction of sp³-hybridized carbons (Fsp3) is 0.571. The third-order valence-corrected chi connectivity index (χ3v) is 3.99. The molecule has 0 aromatic heterocycles. The monoisotopic (exact) mass is 221 g/mol. The number of rotatable bonds is 5. The largest absolute Gasteiger partial charge is 0.385 e. The first-order valence-electron chi connectivity index (χ1n) is 6.02. The van der Waals surface area contributed by atoms with E-state index in [9.17, 15) is 5.11 Å². The van der Waals surface area contributed by atoms with Gasteiger partial charge in [-0.2, -0.15) is 0 Å². The first kappa shape index (κ1) is 13.2. The highest BCUT2D eigenvalue weighted by molar-refractivity contribution is 5.25. The highest BCUT2D eigenvalue weighted by Crippen LogP contribution is 2.43. The molecule has 3 N–H and O–H groups in total. The van der Waals surface area contributed by atoms with Gasteiger partial charge in [-0.3, -0.25) is 0 Å². The van der Waals surface area contributed by atoms with Crippen LogP contribution >= 0.6 is 0 Å². The molecule has 0 saturated heterocycles. The van der Waals surface area contributed by atoms with Crippen LogP contribution in [0.1, 0.15) is 39.2 Å². The van der Waals surface area contributed by atoms with E-state index in [1.54, 1.807) is 0 Å². The summed E-state index contributed by atoms with van der Waals surface area (Å²) in [5, 5.41) is 10.9. The van der Waals surface area contributed by atoms with Crippen molar-refractivity contribution >= 4 is 0 Å². The molecule has 0 aliphatic carbocycles. The van der Waals surface area contributed by atoms with Crippen molar-refractivity contribution in [1.82, 2.24) is 0 Å². The summed E-state index contributed by atoms with van der Waals surface area (Å²) in [5.74, 6) is 0. The predicted molar refractivity (Wildman–Crippen MR) is 68.1 cm³/mol. The van der Waals surface area contributed by atoms with Crippen LogP contribution in [-0.2, 0) is 5.60 Å². The van der Waals surface area contributed by atoms with E-state index >= 15 is 0 Å². The van der Waals surface area contributed by atoms with Crippen LogP contribution < -0.4 is 5.73 Å². The Balaban J connectivity index is 3.21. The topological polar surface area (TPSA) is 46.2 Å². The second-order valence-electron chi connectivity index (χ2n) is 4.70. The molecular formula is C14H23NO. The van der Waals surface area contributed by atoms with Gasteiger partial charge in [-0.15, -0.1) is 0 Å². The second kappa shape index (κ2) is 4.98. The Labute approximate surface area is 98.5 Å².